The fourth-order valence-electron chi connectivity index (χ4n) is 5.35. The summed E-state index contributed by atoms with van der Waals surface area (Å²) >= 11 is 0. The highest BCUT2D eigenvalue weighted by Gasteiger charge is 2.31. The number of likely N-dealkylation sites (tertiary alicyclic amines) is 1. The topological polar surface area (TPSA) is 104 Å². The standard InChI is InChI=1S/C26H28N6O2/c1-31-16-21(18-7-10-32(11-8-18)26(34)19-4-2-3-5-19)20-13-24(29-15-23(20)31)30-25(33)22-12-17(14-27)6-9-28-22/h6,9,12-13,15-16,18-19H,2-5,7-8,10-11H2,1H3,(H,29,30,33). The van der Waals surface area contributed by atoms with Gasteiger partial charge in [0.1, 0.15) is 11.5 Å². The molecule has 1 aliphatic heterocycles. The van der Waals surface area contributed by atoms with Crippen LogP contribution in [0.15, 0.2) is 36.8 Å². The fourth-order valence-corrected chi connectivity index (χ4v) is 5.35. The van der Waals surface area contributed by atoms with Gasteiger partial charge in [0.25, 0.3) is 5.91 Å². The highest BCUT2D eigenvalue weighted by Crippen LogP contribution is 2.36. The lowest BCUT2D eigenvalue weighted by Crippen LogP contribution is -2.40. The van der Waals surface area contributed by atoms with E-state index in [4.69, 9.17) is 5.26 Å². The predicted molar refractivity (Wildman–Crippen MR) is 128 cm³/mol. The average molecular weight is 457 g/mol. The lowest BCUT2D eigenvalue weighted by atomic mass is 9.88. The van der Waals surface area contributed by atoms with Gasteiger partial charge in [-0.25, -0.2) is 4.98 Å². The second kappa shape index (κ2) is 9.26. The summed E-state index contributed by atoms with van der Waals surface area (Å²) in [6.07, 6.45) is 11.7. The van der Waals surface area contributed by atoms with Crippen LogP contribution in [0, 0.1) is 17.2 Å². The Hall–Kier alpha value is -3.73. The van der Waals surface area contributed by atoms with Crippen LogP contribution in [0.3, 0.4) is 0 Å². The minimum absolute atomic E-state index is 0.175. The molecule has 5 rings (SSSR count). The van der Waals surface area contributed by atoms with Crippen LogP contribution < -0.4 is 5.32 Å². The Kier molecular flexibility index (Phi) is 6.01. The number of nitrogens with one attached hydrogen (secondary N) is 1. The number of anilines is 1. The van der Waals surface area contributed by atoms with Crippen LogP contribution in [0.1, 0.15) is 66.1 Å². The van der Waals surface area contributed by atoms with Crippen LogP contribution in [0.5, 0.6) is 0 Å². The molecule has 8 nitrogen and oxygen atoms in total. The third kappa shape index (κ3) is 4.26. The maximum atomic E-state index is 12.8. The van der Waals surface area contributed by atoms with Crippen molar-refractivity contribution in [3.05, 3.63) is 53.6 Å². The van der Waals surface area contributed by atoms with Gasteiger partial charge in [-0.1, -0.05) is 12.8 Å². The second-order valence-corrected chi connectivity index (χ2v) is 9.36. The van der Waals surface area contributed by atoms with E-state index in [2.05, 4.69) is 30.9 Å². The Morgan fingerprint density at radius 2 is 1.88 bits per heavy atom. The maximum absolute atomic E-state index is 12.8. The summed E-state index contributed by atoms with van der Waals surface area (Å²) in [5.41, 5.74) is 2.79. The number of carbonyl (C=O) groups is 2. The first-order valence-electron chi connectivity index (χ1n) is 11.9. The second-order valence-electron chi connectivity index (χ2n) is 9.36. The number of aromatic nitrogens is 3. The van der Waals surface area contributed by atoms with Crippen molar-refractivity contribution < 1.29 is 9.59 Å². The van der Waals surface area contributed by atoms with Crippen molar-refractivity contribution in [1.82, 2.24) is 19.4 Å². The molecule has 3 aromatic rings. The number of fused-ring (bicyclic) bond motifs is 1. The smallest absolute Gasteiger partial charge is 0.275 e. The molecule has 2 aliphatic rings. The molecule has 0 spiro atoms. The number of rotatable bonds is 4. The number of nitrogens with zero attached hydrogens (tertiary/aromatic N) is 5. The number of piperidine rings is 1. The first-order valence-corrected chi connectivity index (χ1v) is 11.9. The Bertz CT molecular complexity index is 1280. The van der Waals surface area contributed by atoms with Crippen LogP contribution in [-0.2, 0) is 11.8 Å². The van der Waals surface area contributed by atoms with E-state index >= 15 is 0 Å². The number of hydrogen-bond acceptors (Lipinski definition) is 5. The molecule has 34 heavy (non-hydrogen) atoms. The van der Waals surface area contributed by atoms with E-state index in [1.165, 1.54) is 30.7 Å². The third-order valence-electron chi connectivity index (χ3n) is 7.22. The molecule has 0 unspecified atom stereocenters. The number of nitriles is 1. The lowest BCUT2D eigenvalue weighted by molar-refractivity contribution is -0.136. The Morgan fingerprint density at radius 1 is 1.12 bits per heavy atom. The van der Waals surface area contributed by atoms with Crippen molar-refractivity contribution in [3.63, 3.8) is 0 Å². The monoisotopic (exact) mass is 456 g/mol. The van der Waals surface area contributed by atoms with Crippen molar-refractivity contribution >= 4 is 28.5 Å². The summed E-state index contributed by atoms with van der Waals surface area (Å²) in [5.74, 6) is 0.978. The van der Waals surface area contributed by atoms with Gasteiger partial charge in [0.2, 0.25) is 5.91 Å². The summed E-state index contributed by atoms with van der Waals surface area (Å²) in [6, 6.07) is 6.95. The molecule has 1 saturated heterocycles. The van der Waals surface area contributed by atoms with E-state index in [1.807, 2.05) is 19.2 Å². The zero-order valence-electron chi connectivity index (χ0n) is 19.3. The summed E-state index contributed by atoms with van der Waals surface area (Å²) in [6.45, 7) is 1.60. The van der Waals surface area contributed by atoms with Gasteiger partial charge in [-0.2, -0.15) is 5.26 Å². The van der Waals surface area contributed by atoms with E-state index in [1.54, 1.807) is 12.3 Å². The maximum Gasteiger partial charge on any atom is 0.275 e. The Balaban J connectivity index is 1.32. The van der Waals surface area contributed by atoms with Gasteiger partial charge in [-0.15, -0.1) is 0 Å². The molecule has 0 aromatic carbocycles. The van der Waals surface area contributed by atoms with Gasteiger partial charge in [0, 0.05) is 43.8 Å². The minimum Gasteiger partial charge on any atom is -0.349 e. The SMILES string of the molecule is Cn1cc(C2CCN(C(=O)C3CCCC3)CC2)c2cc(NC(=O)c3cc(C#N)ccn3)ncc21. The van der Waals surface area contributed by atoms with Gasteiger partial charge in [0.05, 0.1) is 23.3 Å². The molecule has 2 fully saturated rings. The Labute approximate surface area is 198 Å². The highest BCUT2D eigenvalue weighted by molar-refractivity contribution is 6.03. The van der Waals surface area contributed by atoms with E-state index < -0.39 is 5.91 Å². The molecule has 174 valence electrons. The molecule has 4 heterocycles. The number of hydrogen-bond donors (Lipinski definition) is 1. The van der Waals surface area contributed by atoms with Gasteiger partial charge < -0.3 is 14.8 Å². The number of amides is 2. The van der Waals surface area contributed by atoms with Crippen LogP contribution in [0.2, 0.25) is 0 Å². The molecule has 1 N–H and O–H groups in total. The predicted octanol–water partition coefficient (Wildman–Crippen LogP) is 3.99. The molecular weight excluding hydrogens is 428 g/mol. The zero-order chi connectivity index (χ0) is 23.7. The largest absolute Gasteiger partial charge is 0.349 e. The van der Waals surface area contributed by atoms with Crippen LogP contribution in [-0.4, -0.2) is 44.3 Å². The number of carbonyl (C=O) groups excluding carboxylic acids is 2. The van der Waals surface area contributed by atoms with Crippen molar-refractivity contribution in [2.45, 2.75) is 44.4 Å². The molecule has 0 bridgehead atoms. The van der Waals surface area contributed by atoms with Crippen LogP contribution in [0.25, 0.3) is 10.9 Å². The van der Waals surface area contributed by atoms with E-state index in [9.17, 15) is 9.59 Å². The highest BCUT2D eigenvalue weighted by atomic mass is 16.2. The van der Waals surface area contributed by atoms with E-state index in [-0.39, 0.29) is 11.6 Å². The van der Waals surface area contributed by atoms with E-state index in [0.29, 0.717) is 23.2 Å². The number of aryl methyl sites for hydroxylation is 1. The van der Waals surface area contributed by atoms with Crippen molar-refractivity contribution in [1.29, 1.82) is 5.26 Å². The van der Waals surface area contributed by atoms with Crippen LogP contribution >= 0.6 is 0 Å². The first kappa shape index (κ1) is 22.1. The first-order chi connectivity index (χ1) is 16.5. The van der Waals surface area contributed by atoms with Crippen molar-refractivity contribution in [2.24, 2.45) is 13.0 Å². The third-order valence-corrected chi connectivity index (χ3v) is 7.22. The van der Waals surface area contributed by atoms with Crippen molar-refractivity contribution in [2.75, 3.05) is 18.4 Å². The lowest BCUT2D eigenvalue weighted by Gasteiger charge is -2.33. The zero-order valence-corrected chi connectivity index (χ0v) is 19.3. The van der Waals surface area contributed by atoms with E-state index in [0.717, 1.165) is 49.7 Å². The Morgan fingerprint density at radius 3 is 2.62 bits per heavy atom. The summed E-state index contributed by atoms with van der Waals surface area (Å²) in [7, 11) is 2.00. The number of pyridine rings is 2. The van der Waals surface area contributed by atoms with Gasteiger partial charge in [0.15, 0.2) is 0 Å². The van der Waals surface area contributed by atoms with Gasteiger partial charge in [-0.05, 0) is 55.4 Å². The quantitative estimate of drug-likeness (QED) is 0.639. The average Bonchev–Trinajstić information content (AvgIpc) is 3.52. The van der Waals surface area contributed by atoms with Crippen LogP contribution in [0.4, 0.5) is 5.82 Å². The minimum atomic E-state index is -0.403. The molecule has 0 radical (unpaired) electrons. The molecule has 1 saturated carbocycles. The normalized spacial score (nSPS) is 17.1. The van der Waals surface area contributed by atoms with Crippen molar-refractivity contribution in [3.8, 4) is 6.07 Å². The fraction of sp³-hybridized carbons (Fsp3) is 0.423. The molecule has 1 aliphatic carbocycles. The van der Waals surface area contributed by atoms with Gasteiger partial charge in [-0.3, -0.25) is 14.6 Å². The molecule has 0 atom stereocenters. The molecular formula is C26H28N6O2. The molecule has 8 heteroatoms. The van der Waals surface area contributed by atoms with Gasteiger partial charge >= 0.3 is 0 Å². The molecule has 3 aromatic heterocycles. The summed E-state index contributed by atoms with van der Waals surface area (Å²) in [5, 5.41) is 12.9. The summed E-state index contributed by atoms with van der Waals surface area (Å²) in [4.78, 5) is 36.0. The summed E-state index contributed by atoms with van der Waals surface area (Å²) < 4.78 is 2.07. The molecule has 2 amide bonds.